The molecule has 1 fully saturated rings. The zero-order chi connectivity index (χ0) is 13.9. The predicted molar refractivity (Wildman–Crippen MR) is 79.8 cm³/mol. The molecule has 1 aliphatic heterocycles. The van der Waals surface area contributed by atoms with E-state index in [9.17, 15) is 0 Å². The highest BCUT2D eigenvalue weighted by Gasteiger charge is 2.33. The number of pyridine rings is 1. The second kappa shape index (κ2) is 6.02. The van der Waals surface area contributed by atoms with Gasteiger partial charge in [0.25, 0.3) is 0 Å². The Labute approximate surface area is 117 Å². The topological polar surface area (TPSA) is 42.2 Å². The second-order valence-electron chi connectivity index (χ2n) is 6.26. The molecule has 2 unspecified atom stereocenters. The van der Waals surface area contributed by atoms with E-state index >= 15 is 0 Å². The minimum absolute atomic E-state index is 0.112. The molecule has 0 spiro atoms. The third kappa shape index (κ3) is 3.34. The van der Waals surface area contributed by atoms with Gasteiger partial charge in [-0.1, -0.05) is 26.3 Å². The van der Waals surface area contributed by atoms with Gasteiger partial charge in [0.2, 0.25) is 0 Å². The van der Waals surface area contributed by atoms with Crippen LogP contribution in [0.4, 0.5) is 0 Å². The molecule has 0 radical (unpaired) electrons. The van der Waals surface area contributed by atoms with Crippen LogP contribution in [-0.2, 0) is 0 Å². The molecule has 1 aliphatic rings. The Morgan fingerprint density at radius 1 is 1.37 bits per heavy atom. The maximum Gasteiger partial charge on any atom is 0.0670 e. The minimum Gasteiger partial charge on any atom is -0.326 e. The third-order valence-corrected chi connectivity index (χ3v) is 4.74. The highest BCUT2D eigenvalue weighted by Crippen LogP contribution is 2.37. The van der Waals surface area contributed by atoms with E-state index in [1.165, 1.54) is 19.3 Å². The molecular formula is C16H27N3. The largest absolute Gasteiger partial charge is 0.326 e. The smallest absolute Gasteiger partial charge is 0.0670 e. The summed E-state index contributed by atoms with van der Waals surface area (Å²) in [6.45, 7) is 9.07. The van der Waals surface area contributed by atoms with Crippen LogP contribution >= 0.6 is 0 Å². The van der Waals surface area contributed by atoms with Gasteiger partial charge in [0.05, 0.1) is 11.7 Å². The molecule has 1 aromatic rings. The van der Waals surface area contributed by atoms with Crippen LogP contribution in [-0.4, -0.2) is 29.0 Å². The second-order valence-corrected chi connectivity index (χ2v) is 6.26. The number of hydrogen-bond donors (Lipinski definition) is 1. The van der Waals surface area contributed by atoms with E-state index < -0.39 is 0 Å². The van der Waals surface area contributed by atoms with E-state index in [1.54, 1.807) is 0 Å². The van der Waals surface area contributed by atoms with Gasteiger partial charge in [-0.25, -0.2) is 0 Å². The van der Waals surface area contributed by atoms with Crippen molar-refractivity contribution in [2.45, 2.75) is 52.1 Å². The quantitative estimate of drug-likeness (QED) is 0.906. The predicted octanol–water partition coefficient (Wildman–Crippen LogP) is 2.98. The lowest BCUT2D eigenvalue weighted by atomic mass is 9.77. The monoisotopic (exact) mass is 261 g/mol. The zero-order valence-corrected chi connectivity index (χ0v) is 12.5. The van der Waals surface area contributed by atoms with Crippen LogP contribution in [0.5, 0.6) is 0 Å². The van der Waals surface area contributed by atoms with Gasteiger partial charge in [0.15, 0.2) is 0 Å². The van der Waals surface area contributed by atoms with E-state index in [-0.39, 0.29) is 12.1 Å². The van der Waals surface area contributed by atoms with Gasteiger partial charge in [-0.2, -0.15) is 0 Å². The molecule has 3 nitrogen and oxygen atoms in total. The van der Waals surface area contributed by atoms with Gasteiger partial charge in [-0.05, 0) is 50.4 Å². The fourth-order valence-electron chi connectivity index (χ4n) is 3.04. The van der Waals surface area contributed by atoms with Crippen LogP contribution in [0.2, 0.25) is 0 Å². The van der Waals surface area contributed by atoms with Gasteiger partial charge in [-0.15, -0.1) is 0 Å². The van der Waals surface area contributed by atoms with Crippen LogP contribution < -0.4 is 5.73 Å². The first-order chi connectivity index (χ1) is 9.06. The number of nitrogens with zero attached hydrogens (tertiary/aromatic N) is 2. The first-order valence-electron chi connectivity index (χ1n) is 7.46. The molecule has 0 amide bonds. The van der Waals surface area contributed by atoms with E-state index in [2.05, 4.69) is 42.8 Å². The van der Waals surface area contributed by atoms with Crippen molar-refractivity contribution in [1.82, 2.24) is 9.88 Å². The summed E-state index contributed by atoms with van der Waals surface area (Å²) in [6, 6.07) is 6.48. The maximum absolute atomic E-state index is 6.22. The molecule has 2 heterocycles. The van der Waals surface area contributed by atoms with Crippen molar-refractivity contribution in [2.24, 2.45) is 11.1 Å². The SMILES string of the molecule is CCC1(C)CCN(C(c2ccccn2)C(C)N)CC1. The van der Waals surface area contributed by atoms with Crippen LogP contribution in [0.15, 0.2) is 24.4 Å². The van der Waals surface area contributed by atoms with E-state index in [0.717, 1.165) is 18.8 Å². The molecule has 1 saturated heterocycles. The summed E-state index contributed by atoms with van der Waals surface area (Å²) in [5, 5.41) is 0. The molecule has 0 saturated carbocycles. The summed E-state index contributed by atoms with van der Waals surface area (Å²) in [4.78, 5) is 7.03. The van der Waals surface area contributed by atoms with Crippen molar-refractivity contribution in [2.75, 3.05) is 13.1 Å². The molecule has 0 bridgehead atoms. The summed E-state index contributed by atoms with van der Waals surface area (Å²) in [5.41, 5.74) is 7.84. The van der Waals surface area contributed by atoms with E-state index in [0.29, 0.717) is 5.41 Å². The number of likely N-dealkylation sites (tertiary alicyclic amines) is 1. The van der Waals surface area contributed by atoms with Crippen LogP contribution in [0.3, 0.4) is 0 Å². The molecule has 106 valence electrons. The fraction of sp³-hybridized carbons (Fsp3) is 0.688. The molecule has 1 aromatic heterocycles. The summed E-state index contributed by atoms with van der Waals surface area (Å²) >= 11 is 0. The molecule has 0 aliphatic carbocycles. The summed E-state index contributed by atoms with van der Waals surface area (Å²) < 4.78 is 0. The standard InChI is InChI=1S/C16H27N3/c1-4-16(3)8-11-19(12-9-16)15(13(2)17)14-7-5-6-10-18-14/h5-7,10,13,15H,4,8-9,11-12,17H2,1-3H3. The molecule has 2 atom stereocenters. The molecule has 2 N–H and O–H groups in total. The minimum atomic E-state index is 0.112. The average molecular weight is 261 g/mol. The van der Waals surface area contributed by atoms with Crippen molar-refractivity contribution in [3.63, 3.8) is 0 Å². The van der Waals surface area contributed by atoms with E-state index in [1.807, 2.05) is 12.3 Å². The van der Waals surface area contributed by atoms with Gasteiger partial charge < -0.3 is 5.73 Å². The number of aromatic nitrogens is 1. The number of hydrogen-bond acceptors (Lipinski definition) is 3. The molecule has 19 heavy (non-hydrogen) atoms. The highest BCUT2D eigenvalue weighted by atomic mass is 15.2. The van der Waals surface area contributed by atoms with Crippen molar-refractivity contribution in [1.29, 1.82) is 0 Å². The Morgan fingerprint density at radius 2 is 2.05 bits per heavy atom. The Bertz CT molecular complexity index is 380. The zero-order valence-electron chi connectivity index (χ0n) is 12.5. The lowest BCUT2D eigenvalue weighted by Crippen LogP contribution is -2.46. The molecule has 0 aromatic carbocycles. The normalized spacial score (nSPS) is 22.9. The molecule has 2 rings (SSSR count). The summed E-state index contributed by atoms with van der Waals surface area (Å²) in [7, 11) is 0. The highest BCUT2D eigenvalue weighted by molar-refractivity contribution is 5.11. The van der Waals surface area contributed by atoms with Gasteiger partial charge in [0.1, 0.15) is 0 Å². The molecule has 3 heteroatoms. The summed E-state index contributed by atoms with van der Waals surface area (Å²) in [6.07, 6.45) is 5.66. The lowest BCUT2D eigenvalue weighted by molar-refractivity contribution is 0.0705. The van der Waals surface area contributed by atoms with Gasteiger partial charge in [0, 0.05) is 12.2 Å². The summed E-state index contributed by atoms with van der Waals surface area (Å²) in [5.74, 6) is 0. The van der Waals surface area contributed by atoms with Crippen molar-refractivity contribution in [3.8, 4) is 0 Å². The van der Waals surface area contributed by atoms with Crippen molar-refractivity contribution in [3.05, 3.63) is 30.1 Å². The first-order valence-corrected chi connectivity index (χ1v) is 7.46. The Morgan fingerprint density at radius 3 is 2.53 bits per heavy atom. The Kier molecular flexibility index (Phi) is 4.58. The van der Waals surface area contributed by atoms with Crippen LogP contribution in [0.25, 0.3) is 0 Å². The van der Waals surface area contributed by atoms with E-state index in [4.69, 9.17) is 5.73 Å². The average Bonchev–Trinajstić information content (AvgIpc) is 2.42. The fourth-order valence-corrected chi connectivity index (χ4v) is 3.04. The Hall–Kier alpha value is -0.930. The van der Waals surface area contributed by atoms with Crippen molar-refractivity contribution < 1.29 is 0 Å². The van der Waals surface area contributed by atoms with Gasteiger partial charge >= 0.3 is 0 Å². The number of piperidine rings is 1. The lowest BCUT2D eigenvalue weighted by Gasteiger charge is -2.43. The first kappa shape index (κ1) is 14.5. The molecular weight excluding hydrogens is 234 g/mol. The third-order valence-electron chi connectivity index (χ3n) is 4.74. The van der Waals surface area contributed by atoms with Crippen LogP contribution in [0, 0.1) is 5.41 Å². The number of nitrogens with two attached hydrogens (primary N) is 1. The van der Waals surface area contributed by atoms with Crippen LogP contribution in [0.1, 0.15) is 51.8 Å². The number of rotatable bonds is 4. The Balaban J connectivity index is 2.10. The maximum atomic E-state index is 6.22. The van der Waals surface area contributed by atoms with Crippen molar-refractivity contribution >= 4 is 0 Å². The van der Waals surface area contributed by atoms with Gasteiger partial charge in [-0.3, -0.25) is 9.88 Å².